The molecule has 0 aliphatic heterocycles. The Morgan fingerprint density at radius 3 is 1.93 bits per heavy atom. The summed E-state index contributed by atoms with van der Waals surface area (Å²) in [6.45, 7) is 6.69. The largest absolute Gasteiger partial charge is 0.323 e. The molecule has 0 aromatic heterocycles. The summed E-state index contributed by atoms with van der Waals surface area (Å²) in [5, 5.41) is 5.05. The summed E-state index contributed by atoms with van der Waals surface area (Å²) in [6, 6.07) is 10.9. The zero-order valence-corrected chi connectivity index (χ0v) is 15.6. The normalized spacial score (nSPS) is 11.0. The fourth-order valence-corrected chi connectivity index (χ4v) is 2.93. The maximum Gasteiger partial charge on any atom is 0.295 e. The molecule has 3 N–H and O–H groups in total. The molecule has 0 fully saturated rings. The van der Waals surface area contributed by atoms with E-state index in [9.17, 15) is 22.6 Å². The van der Waals surface area contributed by atoms with Gasteiger partial charge in [-0.1, -0.05) is 43.5 Å². The van der Waals surface area contributed by atoms with E-state index in [0.717, 1.165) is 23.8 Å². The van der Waals surface area contributed by atoms with E-state index in [0.29, 0.717) is 5.69 Å². The summed E-state index contributed by atoms with van der Waals surface area (Å²) < 4.78 is 32.9. The average Bonchev–Trinajstić information content (AvgIpc) is 2.67. The van der Waals surface area contributed by atoms with Crippen LogP contribution < -0.4 is 10.6 Å². The van der Waals surface area contributed by atoms with Crippen LogP contribution in [0.2, 0.25) is 0 Å². The molecule has 0 spiro atoms. The van der Waals surface area contributed by atoms with Crippen LogP contribution >= 0.6 is 0 Å². The lowest BCUT2D eigenvalue weighted by Gasteiger charge is -2.08. The zero-order valence-electron chi connectivity index (χ0n) is 14.8. The number of anilines is 2. The van der Waals surface area contributed by atoms with Gasteiger partial charge in [-0.2, -0.15) is 8.42 Å². The smallest absolute Gasteiger partial charge is 0.295 e. The Bertz CT molecular complexity index is 1050. The Kier molecular flexibility index (Phi) is 6.64. The second-order valence-corrected chi connectivity index (χ2v) is 6.96. The number of rotatable bonds is 7. The second kappa shape index (κ2) is 8.94. The van der Waals surface area contributed by atoms with E-state index in [-0.39, 0.29) is 22.1 Å². The van der Waals surface area contributed by atoms with Crippen molar-refractivity contribution in [2.24, 2.45) is 0 Å². The van der Waals surface area contributed by atoms with Crippen LogP contribution in [0.3, 0.4) is 0 Å². The van der Waals surface area contributed by atoms with Gasteiger partial charge in [-0.15, -0.1) is 0 Å². The van der Waals surface area contributed by atoms with E-state index in [1.165, 1.54) is 18.2 Å². The third-order valence-electron chi connectivity index (χ3n) is 3.56. The van der Waals surface area contributed by atoms with Crippen LogP contribution in [0.25, 0.3) is 12.2 Å². The first-order valence-corrected chi connectivity index (χ1v) is 9.43. The van der Waals surface area contributed by atoms with Gasteiger partial charge < -0.3 is 10.6 Å². The standard InChI is InChI=1S/C20H18N2O5S/c1-3-19(23)21-16-10-6-14(7-11-16)5-8-15-9-12-17(22-20(24)4-2)13-18(15)28(25,26)27/h3-13H,1-2H2,(H,21,23)(H,22,24)(H,25,26,27). The van der Waals surface area contributed by atoms with E-state index in [1.54, 1.807) is 30.3 Å². The molecule has 2 rings (SSSR count). The van der Waals surface area contributed by atoms with Crippen LogP contribution in [-0.2, 0) is 19.7 Å². The number of hydrogen-bond acceptors (Lipinski definition) is 4. The first-order valence-electron chi connectivity index (χ1n) is 7.99. The molecule has 0 unspecified atom stereocenters. The molecule has 0 atom stereocenters. The Labute approximate surface area is 162 Å². The number of carbonyl (C=O) groups is 2. The van der Waals surface area contributed by atoms with Crippen molar-refractivity contribution in [1.29, 1.82) is 0 Å². The predicted molar refractivity (Wildman–Crippen MR) is 109 cm³/mol. The highest BCUT2D eigenvalue weighted by molar-refractivity contribution is 7.86. The lowest BCUT2D eigenvalue weighted by atomic mass is 10.1. The van der Waals surface area contributed by atoms with Gasteiger partial charge in [0.25, 0.3) is 10.1 Å². The van der Waals surface area contributed by atoms with Crippen molar-refractivity contribution in [3.8, 4) is 0 Å². The molecule has 2 aromatic carbocycles. The van der Waals surface area contributed by atoms with Crippen molar-refractivity contribution in [2.45, 2.75) is 4.90 Å². The number of hydrogen-bond donors (Lipinski definition) is 3. The summed E-state index contributed by atoms with van der Waals surface area (Å²) in [5.41, 5.74) is 1.77. The quantitative estimate of drug-likeness (QED) is 0.376. The molecule has 0 saturated carbocycles. The second-order valence-electron chi connectivity index (χ2n) is 5.57. The Hall–Kier alpha value is -3.49. The first kappa shape index (κ1) is 20.8. The van der Waals surface area contributed by atoms with Gasteiger partial charge >= 0.3 is 0 Å². The molecule has 2 aromatic rings. The fraction of sp³-hybridized carbons (Fsp3) is 0. The van der Waals surface area contributed by atoms with E-state index in [2.05, 4.69) is 23.8 Å². The van der Waals surface area contributed by atoms with Gasteiger partial charge in [-0.25, -0.2) is 0 Å². The molecule has 0 aliphatic rings. The van der Waals surface area contributed by atoms with Crippen molar-refractivity contribution in [1.82, 2.24) is 0 Å². The molecular weight excluding hydrogens is 380 g/mol. The Balaban J connectivity index is 2.29. The van der Waals surface area contributed by atoms with Crippen molar-refractivity contribution in [3.05, 3.63) is 78.9 Å². The lowest BCUT2D eigenvalue weighted by Crippen LogP contribution is -2.09. The van der Waals surface area contributed by atoms with Crippen LogP contribution in [0, 0.1) is 0 Å². The summed E-state index contributed by atoms with van der Waals surface area (Å²) in [6.07, 6.45) is 5.36. The molecule has 0 radical (unpaired) electrons. The fourth-order valence-electron chi connectivity index (χ4n) is 2.22. The topological polar surface area (TPSA) is 113 Å². The minimum absolute atomic E-state index is 0.206. The summed E-state index contributed by atoms with van der Waals surface area (Å²) in [5.74, 6) is -0.835. The monoisotopic (exact) mass is 398 g/mol. The molecule has 0 aliphatic carbocycles. The number of benzene rings is 2. The predicted octanol–water partition coefficient (Wildman–Crippen LogP) is 3.35. The van der Waals surface area contributed by atoms with Gasteiger partial charge in [-0.3, -0.25) is 14.1 Å². The number of amides is 2. The van der Waals surface area contributed by atoms with Gasteiger partial charge in [0.05, 0.1) is 0 Å². The highest BCUT2D eigenvalue weighted by Gasteiger charge is 2.15. The molecule has 2 amide bonds. The summed E-state index contributed by atoms with van der Waals surface area (Å²) >= 11 is 0. The lowest BCUT2D eigenvalue weighted by molar-refractivity contribution is -0.112. The molecule has 0 heterocycles. The molecular formula is C20H18N2O5S. The van der Waals surface area contributed by atoms with Crippen molar-refractivity contribution >= 4 is 45.5 Å². The van der Waals surface area contributed by atoms with Crippen molar-refractivity contribution in [2.75, 3.05) is 10.6 Å². The van der Waals surface area contributed by atoms with E-state index in [1.807, 2.05) is 0 Å². The average molecular weight is 398 g/mol. The van der Waals surface area contributed by atoms with Crippen molar-refractivity contribution < 1.29 is 22.6 Å². The van der Waals surface area contributed by atoms with E-state index in [4.69, 9.17) is 0 Å². The Morgan fingerprint density at radius 2 is 1.39 bits per heavy atom. The molecule has 7 nitrogen and oxygen atoms in total. The van der Waals surface area contributed by atoms with E-state index < -0.39 is 16.0 Å². The third-order valence-corrected chi connectivity index (χ3v) is 4.47. The van der Waals surface area contributed by atoms with Crippen LogP contribution in [0.5, 0.6) is 0 Å². The molecule has 8 heteroatoms. The zero-order chi connectivity index (χ0) is 20.7. The van der Waals surface area contributed by atoms with Crippen LogP contribution in [0.1, 0.15) is 11.1 Å². The molecule has 0 bridgehead atoms. The third kappa shape index (κ3) is 5.76. The van der Waals surface area contributed by atoms with Gasteiger partial charge in [0.2, 0.25) is 11.8 Å². The van der Waals surface area contributed by atoms with Gasteiger partial charge in [-0.05, 0) is 47.5 Å². The highest BCUT2D eigenvalue weighted by atomic mass is 32.2. The van der Waals surface area contributed by atoms with Crippen molar-refractivity contribution in [3.63, 3.8) is 0 Å². The molecule has 144 valence electrons. The highest BCUT2D eigenvalue weighted by Crippen LogP contribution is 2.23. The van der Waals surface area contributed by atoms with Crippen LogP contribution in [0.15, 0.2) is 72.7 Å². The summed E-state index contributed by atoms with van der Waals surface area (Å²) in [4.78, 5) is 22.3. The number of carbonyl (C=O) groups excluding carboxylic acids is 2. The molecule has 0 saturated heterocycles. The Morgan fingerprint density at radius 1 is 0.857 bits per heavy atom. The summed E-state index contributed by atoms with van der Waals surface area (Å²) in [7, 11) is -4.51. The maximum atomic E-state index is 11.7. The van der Waals surface area contributed by atoms with Gasteiger partial charge in [0.1, 0.15) is 4.90 Å². The first-order chi connectivity index (χ1) is 13.2. The van der Waals surface area contributed by atoms with Gasteiger partial charge in [0, 0.05) is 11.4 Å². The van der Waals surface area contributed by atoms with Gasteiger partial charge in [0.15, 0.2) is 0 Å². The minimum Gasteiger partial charge on any atom is -0.323 e. The van der Waals surface area contributed by atoms with E-state index >= 15 is 0 Å². The van der Waals surface area contributed by atoms with Crippen LogP contribution in [-0.4, -0.2) is 24.8 Å². The molecule has 28 heavy (non-hydrogen) atoms. The van der Waals surface area contributed by atoms with Crippen LogP contribution in [0.4, 0.5) is 11.4 Å². The SMILES string of the molecule is C=CC(=O)Nc1ccc(C=Cc2ccc(NC(=O)C=C)cc2S(=O)(=O)O)cc1. The number of nitrogens with one attached hydrogen (secondary N) is 2. The maximum absolute atomic E-state index is 11.7. The minimum atomic E-state index is -4.51.